The van der Waals surface area contributed by atoms with Gasteiger partial charge in [0.2, 0.25) is 6.54 Å². The Balaban J connectivity index is 1.06. The number of anilines is 2. The Morgan fingerprint density at radius 1 is 0.615 bits per heavy atom. The fourth-order valence-corrected chi connectivity index (χ4v) is 6.38. The standard InChI is InChI=1S/C46H58N6/c1-39-37-51(34-27-43(39)21-15-41-17-23-45(24-18-41)49(4)31-14-29-47)32-12-10-8-6-7-9-11-13-33-52-35-28-44(40(2)38-52)22-16-42-19-25-46(26-20-42)50(5)36-30-48-3/h15-28,34-35,37-38H,6-14,30-33,36H2,1-2,4-5H3/q+2. The molecule has 0 atom stereocenters. The van der Waals surface area contributed by atoms with E-state index in [2.05, 4.69) is 153 Å². The molecule has 0 amide bonds. The fourth-order valence-electron chi connectivity index (χ4n) is 6.38. The van der Waals surface area contributed by atoms with Crippen LogP contribution in [0.1, 0.15) is 91.2 Å². The third-order valence-corrected chi connectivity index (χ3v) is 9.79. The number of benzene rings is 2. The Morgan fingerprint density at radius 3 is 1.44 bits per heavy atom. The lowest BCUT2D eigenvalue weighted by atomic mass is 10.1. The van der Waals surface area contributed by atoms with Gasteiger partial charge in [-0.15, -0.1) is 0 Å². The Morgan fingerprint density at radius 2 is 1.04 bits per heavy atom. The number of rotatable bonds is 21. The highest BCUT2D eigenvalue weighted by Gasteiger charge is 2.07. The molecule has 0 saturated carbocycles. The van der Waals surface area contributed by atoms with Gasteiger partial charge in [0.15, 0.2) is 24.8 Å². The van der Waals surface area contributed by atoms with Gasteiger partial charge in [-0.25, -0.2) is 15.7 Å². The Kier molecular flexibility index (Phi) is 16.7. The highest BCUT2D eigenvalue weighted by atomic mass is 15.1. The van der Waals surface area contributed by atoms with Gasteiger partial charge in [-0.05, 0) is 73.2 Å². The molecular formula is C46H58N6+2. The van der Waals surface area contributed by atoms with E-state index in [4.69, 9.17) is 11.8 Å². The van der Waals surface area contributed by atoms with Crippen LogP contribution in [0.4, 0.5) is 11.4 Å². The van der Waals surface area contributed by atoms with Crippen molar-refractivity contribution in [2.75, 3.05) is 43.5 Å². The topological polar surface area (TPSA) is 42.4 Å². The largest absolute Gasteiger partial charge is 0.374 e. The van der Waals surface area contributed by atoms with Gasteiger partial charge >= 0.3 is 0 Å². The molecule has 270 valence electrons. The van der Waals surface area contributed by atoms with Gasteiger partial charge in [0.25, 0.3) is 0 Å². The Labute approximate surface area is 313 Å². The van der Waals surface area contributed by atoms with Crippen LogP contribution >= 0.6 is 0 Å². The number of aryl methyl sites for hydroxylation is 4. The number of aromatic nitrogens is 2. The summed E-state index contributed by atoms with van der Waals surface area (Å²) in [5, 5.41) is 8.82. The van der Waals surface area contributed by atoms with Crippen LogP contribution < -0.4 is 18.9 Å². The average molecular weight is 695 g/mol. The lowest BCUT2D eigenvalue weighted by Gasteiger charge is -2.17. The number of hydrogen-bond acceptors (Lipinski definition) is 3. The minimum atomic E-state index is 0.521. The summed E-state index contributed by atoms with van der Waals surface area (Å²) < 4.78 is 4.67. The van der Waals surface area contributed by atoms with Crippen molar-refractivity contribution in [3.8, 4) is 6.07 Å². The van der Waals surface area contributed by atoms with Crippen molar-refractivity contribution in [1.29, 1.82) is 5.26 Å². The Bertz CT molecular complexity index is 1670. The fraction of sp³-hybridized carbons (Fsp3) is 0.391. The lowest BCUT2D eigenvalue weighted by molar-refractivity contribution is -0.697. The van der Waals surface area contributed by atoms with E-state index in [9.17, 15) is 0 Å². The first kappa shape index (κ1) is 39.6. The number of nitrogens with zero attached hydrogens (tertiary/aromatic N) is 6. The quantitative estimate of drug-likeness (QED) is 0.0496. The molecule has 0 unspecified atom stereocenters. The van der Waals surface area contributed by atoms with Gasteiger partial charge in [0.1, 0.15) is 13.1 Å². The summed E-state index contributed by atoms with van der Waals surface area (Å²) in [6.45, 7) is 15.5. The first-order chi connectivity index (χ1) is 25.4. The molecule has 0 bridgehead atoms. The number of nitriles is 1. The highest BCUT2D eigenvalue weighted by Crippen LogP contribution is 2.18. The van der Waals surface area contributed by atoms with Gasteiger partial charge < -0.3 is 14.6 Å². The second kappa shape index (κ2) is 21.9. The van der Waals surface area contributed by atoms with Gasteiger partial charge in [-0.2, -0.15) is 5.26 Å². The number of unbranched alkanes of at least 4 members (excludes halogenated alkanes) is 7. The molecule has 2 aromatic heterocycles. The van der Waals surface area contributed by atoms with Crippen LogP contribution in [-0.2, 0) is 13.1 Å². The van der Waals surface area contributed by atoms with E-state index in [-0.39, 0.29) is 0 Å². The third-order valence-electron chi connectivity index (χ3n) is 9.79. The zero-order valence-corrected chi connectivity index (χ0v) is 32.0. The van der Waals surface area contributed by atoms with Crippen LogP contribution in [-0.4, -0.2) is 33.7 Å². The van der Waals surface area contributed by atoms with Crippen molar-refractivity contribution in [1.82, 2.24) is 0 Å². The molecule has 6 nitrogen and oxygen atoms in total. The van der Waals surface area contributed by atoms with Crippen LogP contribution in [0.2, 0.25) is 0 Å². The molecule has 0 aliphatic heterocycles. The van der Waals surface area contributed by atoms with Crippen molar-refractivity contribution in [2.24, 2.45) is 0 Å². The van der Waals surface area contributed by atoms with E-state index in [1.54, 1.807) is 0 Å². The second-order valence-electron chi connectivity index (χ2n) is 14.0. The molecule has 0 radical (unpaired) electrons. The SMILES string of the molecule is [C-]#[N+]CCN(C)c1ccc(/C=C/c2cc[n+](CCCCCCCCCC[n+]3ccc(/C=C/c4ccc(N(C)CCC#N)cc4)c(C)c3)cc2C)cc1. The van der Waals surface area contributed by atoms with E-state index in [0.29, 0.717) is 13.0 Å². The molecule has 4 rings (SSSR count). The molecule has 0 aliphatic rings. The first-order valence-corrected chi connectivity index (χ1v) is 19.0. The zero-order valence-electron chi connectivity index (χ0n) is 32.0. The molecule has 0 spiro atoms. The maximum absolute atomic E-state index is 8.82. The van der Waals surface area contributed by atoms with E-state index in [1.807, 2.05) is 14.1 Å². The van der Waals surface area contributed by atoms with Crippen LogP contribution in [0.15, 0.2) is 85.5 Å². The predicted molar refractivity (Wildman–Crippen MR) is 219 cm³/mol. The molecule has 0 fully saturated rings. The Hall–Kier alpha value is -5.20. The number of hydrogen-bond donors (Lipinski definition) is 0. The predicted octanol–water partition coefficient (Wildman–Crippen LogP) is 9.75. The maximum atomic E-state index is 8.82. The smallest absolute Gasteiger partial charge is 0.231 e. The van der Waals surface area contributed by atoms with Gasteiger partial charge in [-0.3, -0.25) is 0 Å². The molecule has 2 aromatic carbocycles. The molecular weight excluding hydrogens is 637 g/mol. The van der Waals surface area contributed by atoms with Crippen LogP contribution in [0.3, 0.4) is 0 Å². The number of pyridine rings is 2. The minimum Gasteiger partial charge on any atom is -0.374 e. The molecule has 2 heterocycles. The van der Waals surface area contributed by atoms with Gasteiger partial charge in [0, 0.05) is 68.1 Å². The monoisotopic (exact) mass is 694 g/mol. The van der Waals surface area contributed by atoms with Crippen molar-refractivity contribution in [3.63, 3.8) is 0 Å². The lowest BCUT2D eigenvalue weighted by Crippen LogP contribution is -2.33. The third kappa shape index (κ3) is 13.5. The highest BCUT2D eigenvalue weighted by molar-refractivity contribution is 5.72. The summed E-state index contributed by atoms with van der Waals surface area (Å²) in [4.78, 5) is 7.69. The van der Waals surface area contributed by atoms with E-state index in [1.165, 1.54) is 84.7 Å². The minimum absolute atomic E-state index is 0.521. The summed E-state index contributed by atoms with van der Waals surface area (Å²) >= 11 is 0. The zero-order chi connectivity index (χ0) is 37.0. The molecule has 6 heteroatoms. The summed E-state index contributed by atoms with van der Waals surface area (Å²) in [5.41, 5.74) is 9.73. The molecule has 0 saturated heterocycles. The average Bonchev–Trinajstić information content (AvgIpc) is 3.16. The molecule has 52 heavy (non-hydrogen) atoms. The normalized spacial score (nSPS) is 11.2. The number of likely N-dealkylation sites (N-methyl/N-ethyl adjacent to an activating group) is 1. The van der Waals surface area contributed by atoms with Crippen LogP contribution in [0, 0.1) is 31.8 Å². The van der Waals surface area contributed by atoms with Crippen molar-refractivity contribution < 1.29 is 9.13 Å². The van der Waals surface area contributed by atoms with Gasteiger partial charge in [0.05, 0.1) is 19.0 Å². The van der Waals surface area contributed by atoms with E-state index in [0.717, 1.165) is 37.6 Å². The summed E-state index contributed by atoms with van der Waals surface area (Å²) in [6, 6.07) is 23.7. The van der Waals surface area contributed by atoms with Crippen LogP contribution in [0.25, 0.3) is 29.1 Å². The van der Waals surface area contributed by atoms with Crippen molar-refractivity contribution in [3.05, 3.63) is 130 Å². The van der Waals surface area contributed by atoms with Gasteiger partial charge in [-0.1, -0.05) is 74.3 Å². The summed E-state index contributed by atoms with van der Waals surface area (Å²) in [5.74, 6) is 0. The van der Waals surface area contributed by atoms with E-state index < -0.39 is 0 Å². The van der Waals surface area contributed by atoms with Crippen LogP contribution in [0.5, 0.6) is 0 Å². The van der Waals surface area contributed by atoms with Crippen molar-refractivity contribution in [2.45, 2.75) is 84.7 Å². The second-order valence-corrected chi connectivity index (χ2v) is 14.0. The van der Waals surface area contributed by atoms with E-state index >= 15 is 0 Å². The first-order valence-electron chi connectivity index (χ1n) is 19.0. The summed E-state index contributed by atoms with van der Waals surface area (Å²) in [6.07, 6.45) is 28.6. The molecule has 0 N–H and O–H groups in total. The molecule has 4 aromatic rings. The molecule has 0 aliphatic carbocycles. The summed E-state index contributed by atoms with van der Waals surface area (Å²) in [7, 11) is 4.06. The maximum Gasteiger partial charge on any atom is 0.231 e. The van der Waals surface area contributed by atoms with Crippen molar-refractivity contribution >= 4 is 35.7 Å².